The zero-order valence-electron chi connectivity index (χ0n) is 13.0. The summed E-state index contributed by atoms with van der Waals surface area (Å²) >= 11 is 0. The summed E-state index contributed by atoms with van der Waals surface area (Å²) in [5.41, 5.74) is 2.36. The van der Waals surface area contributed by atoms with Crippen LogP contribution in [0.15, 0.2) is 18.2 Å². The van der Waals surface area contributed by atoms with Gasteiger partial charge in [-0.25, -0.2) is 0 Å². The maximum Gasteiger partial charge on any atom is 0.322 e. The van der Waals surface area contributed by atoms with Crippen LogP contribution < -0.4 is 10.1 Å². The number of aryl methyl sites for hydroxylation is 1. The third-order valence-electron chi connectivity index (χ3n) is 3.29. The fourth-order valence-corrected chi connectivity index (χ4v) is 2.05. The number of rotatable bonds is 7. The largest absolute Gasteiger partial charge is 0.493 e. The van der Waals surface area contributed by atoms with E-state index in [0.717, 1.165) is 5.75 Å². The zero-order valence-corrected chi connectivity index (χ0v) is 13.0. The standard InChI is InChI=1S/C16H25NO3/c1-11(2)13-7-6-12(3)10-15(13)20-9-8-14(17-4)16(18)19-5/h6-7,10-11,14,17H,8-9H2,1-5H3. The lowest BCUT2D eigenvalue weighted by atomic mass is 10.0. The van der Waals surface area contributed by atoms with Crippen LogP contribution in [-0.2, 0) is 9.53 Å². The van der Waals surface area contributed by atoms with Gasteiger partial charge in [-0.1, -0.05) is 26.0 Å². The Balaban J connectivity index is 2.65. The van der Waals surface area contributed by atoms with Gasteiger partial charge in [-0.2, -0.15) is 0 Å². The predicted octanol–water partition coefficient (Wildman–Crippen LogP) is 2.65. The van der Waals surface area contributed by atoms with Crippen LogP contribution in [-0.4, -0.2) is 32.8 Å². The van der Waals surface area contributed by atoms with Crippen molar-refractivity contribution >= 4 is 5.97 Å². The second-order valence-corrected chi connectivity index (χ2v) is 5.20. The molecule has 0 radical (unpaired) electrons. The average molecular weight is 279 g/mol. The number of methoxy groups -OCH3 is 1. The van der Waals surface area contributed by atoms with Crippen molar-refractivity contribution < 1.29 is 14.3 Å². The van der Waals surface area contributed by atoms with Gasteiger partial charge in [0.05, 0.1) is 13.7 Å². The number of carbonyl (C=O) groups excluding carboxylic acids is 1. The lowest BCUT2D eigenvalue weighted by Gasteiger charge is -2.17. The van der Waals surface area contributed by atoms with Crippen molar-refractivity contribution in [3.05, 3.63) is 29.3 Å². The van der Waals surface area contributed by atoms with E-state index in [2.05, 4.69) is 31.3 Å². The Morgan fingerprint density at radius 2 is 2.05 bits per heavy atom. The smallest absolute Gasteiger partial charge is 0.322 e. The highest BCUT2D eigenvalue weighted by Crippen LogP contribution is 2.27. The minimum Gasteiger partial charge on any atom is -0.493 e. The third-order valence-corrected chi connectivity index (χ3v) is 3.29. The summed E-state index contributed by atoms with van der Waals surface area (Å²) in [6, 6.07) is 5.91. The Hall–Kier alpha value is -1.55. The summed E-state index contributed by atoms with van der Waals surface area (Å²) in [5.74, 6) is 1.05. The van der Waals surface area contributed by atoms with E-state index in [0.29, 0.717) is 18.9 Å². The number of carbonyl (C=O) groups is 1. The lowest BCUT2D eigenvalue weighted by molar-refractivity contribution is -0.143. The molecular formula is C16H25NO3. The molecule has 1 rings (SSSR count). The molecule has 1 aromatic carbocycles. The Labute approximate surface area is 121 Å². The van der Waals surface area contributed by atoms with Gasteiger partial charge in [0, 0.05) is 6.42 Å². The Kier molecular flexibility index (Phi) is 6.52. The number of hydrogen-bond acceptors (Lipinski definition) is 4. The number of benzene rings is 1. The molecule has 4 nitrogen and oxygen atoms in total. The summed E-state index contributed by atoms with van der Waals surface area (Å²) in [7, 11) is 3.14. The molecule has 1 N–H and O–H groups in total. The van der Waals surface area contributed by atoms with Gasteiger partial charge in [-0.3, -0.25) is 4.79 Å². The fourth-order valence-electron chi connectivity index (χ4n) is 2.05. The Morgan fingerprint density at radius 1 is 1.35 bits per heavy atom. The molecule has 112 valence electrons. The number of nitrogens with one attached hydrogen (secondary N) is 1. The fraction of sp³-hybridized carbons (Fsp3) is 0.562. The summed E-state index contributed by atoms with van der Waals surface area (Å²) in [6.45, 7) is 6.80. The van der Waals surface area contributed by atoms with Gasteiger partial charge in [0.25, 0.3) is 0 Å². The minimum atomic E-state index is -0.327. The van der Waals surface area contributed by atoms with Crippen LogP contribution in [0.4, 0.5) is 0 Å². The highest BCUT2D eigenvalue weighted by Gasteiger charge is 2.17. The van der Waals surface area contributed by atoms with Gasteiger partial charge in [-0.05, 0) is 37.1 Å². The first kappa shape index (κ1) is 16.5. The van der Waals surface area contributed by atoms with Gasteiger partial charge in [-0.15, -0.1) is 0 Å². The molecule has 0 saturated carbocycles. The summed E-state index contributed by atoms with van der Waals surface area (Å²) < 4.78 is 10.6. The third kappa shape index (κ3) is 4.53. The molecule has 0 aliphatic carbocycles. The van der Waals surface area contributed by atoms with Crippen molar-refractivity contribution in [2.24, 2.45) is 0 Å². The summed E-state index contributed by atoms with van der Waals surface area (Å²) in [6.07, 6.45) is 0.578. The number of esters is 1. The highest BCUT2D eigenvalue weighted by atomic mass is 16.5. The van der Waals surface area contributed by atoms with Crippen LogP contribution in [0.25, 0.3) is 0 Å². The van der Waals surface area contributed by atoms with Crippen LogP contribution in [0, 0.1) is 6.92 Å². The van der Waals surface area contributed by atoms with Gasteiger partial charge >= 0.3 is 5.97 Å². The predicted molar refractivity (Wildman–Crippen MR) is 80.2 cm³/mol. The molecule has 20 heavy (non-hydrogen) atoms. The van der Waals surface area contributed by atoms with E-state index < -0.39 is 0 Å². The number of ether oxygens (including phenoxy) is 2. The van der Waals surface area contributed by atoms with E-state index in [1.54, 1.807) is 7.05 Å². The molecule has 0 saturated heterocycles. The second-order valence-electron chi connectivity index (χ2n) is 5.20. The minimum absolute atomic E-state index is 0.260. The quantitative estimate of drug-likeness (QED) is 0.780. The van der Waals surface area contributed by atoms with E-state index in [9.17, 15) is 4.79 Å². The van der Waals surface area contributed by atoms with Gasteiger partial charge in [0.2, 0.25) is 0 Å². The van der Waals surface area contributed by atoms with Crippen LogP contribution >= 0.6 is 0 Å². The first-order valence-electron chi connectivity index (χ1n) is 6.98. The maximum atomic E-state index is 11.5. The molecule has 4 heteroatoms. The SMILES string of the molecule is CNC(CCOc1cc(C)ccc1C(C)C)C(=O)OC. The van der Waals surface area contributed by atoms with Crippen molar-refractivity contribution in [3.8, 4) is 5.75 Å². The average Bonchev–Trinajstić information content (AvgIpc) is 2.42. The van der Waals surface area contributed by atoms with Crippen molar-refractivity contribution in [2.45, 2.75) is 39.2 Å². The molecule has 0 bridgehead atoms. The van der Waals surface area contributed by atoms with Crippen LogP contribution in [0.1, 0.15) is 37.3 Å². The van der Waals surface area contributed by atoms with Gasteiger partial charge in [0.15, 0.2) is 0 Å². The number of likely N-dealkylation sites (N-methyl/N-ethyl adjacent to an activating group) is 1. The van der Waals surface area contributed by atoms with E-state index >= 15 is 0 Å². The van der Waals surface area contributed by atoms with Crippen molar-refractivity contribution in [1.82, 2.24) is 5.32 Å². The summed E-state index contributed by atoms with van der Waals surface area (Å²) in [5, 5.41) is 2.93. The molecule has 0 fully saturated rings. The van der Waals surface area contributed by atoms with E-state index in [1.165, 1.54) is 18.2 Å². The molecule has 0 aliphatic heterocycles. The lowest BCUT2D eigenvalue weighted by Crippen LogP contribution is -2.36. The van der Waals surface area contributed by atoms with E-state index in [4.69, 9.17) is 9.47 Å². The number of hydrogen-bond donors (Lipinski definition) is 1. The molecular weight excluding hydrogens is 254 g/mol. The molecule has 1 unspecified atom stereocenters. The summed E-state index contributed by atoms with van der Waals surface area (Å²) in [4.78, 5) is 11.5. The van der Waals surface area contributed by atoms with Gasteiger partial charge < -0.3 is 14.8 Å². The molecule has 1 atom stereocenters. The first-order valence-corrected chi connectivity index (χ1v) is 6.98. The zero-order chi connectivity index (χ0) is 15.1. The van der Waals surface area contributed by atoms with Crippen LogP contribution in [0.5, 0.6) is 5.75 Å². The molecule has 0 amide bonds. The Bertz CT molecular complexity index is 443. The maximum absolute atomic E-state index is 11.5. The van der Waals surface area contributed by atoms with Crippen molar-refractivity contribution in [3.63, 3.8) is 0 Å². The normalized spacial score (nSPS) is 12.3. The second kappa shape index (κ2) is 7.90. The van der Waals surface area contributed by atoms with Crippen molar-refractivity contribution in [2.75, 3.05) is 20.8 Å². The molecule has 0 aliphatic rings. The topological polar surface area (TPSA) is 47.6 Å². The monoisotopic (exact) mass is 279 g/mol. The Morgan fingerprint density at radius 3 is 2.60 bits per heavy atom. The van der Waals surface area contributed by atoms with E-state index in [-0.39, 0.29) is 12.0 Å². The molecule has 0 spiro atoms. The van der Waals surface area contributed by atoms with E-state index in [1.807, 2.05) is 13.0 Å². The van der Waals surface area contributed by atoms with Crippen LogP contribution in [0.2, 0.25) is 0 Å². The van der Waals surface area contributed by atoms with Crippen molar-refractivity contribution in [1.29, 1.82) is 0 Å². The first-order chi connectivity index (χ1) is 9.49. The molecule has 1 aromatic rings. The highest BCUT2D eigenvalue weighted by molar-refractivity contribution is 5.75. The van der Waals surface area contributed by atoms with Crippen LogP contribution in [0.3, 0.4) is 0 Å². The van der Waals surface area contributed by atoms with Gasteiger partial charge in [0.1, 0.15) is 11.8 Å². The molecule has 0 aromatic heterocycles. The molecule has 0 heterocycles.